The number of halogens is 2. The lowest BCUT2D eigenvalue weighted by Gasteiger charge is -2.15. The van der Waals surface area contributed by atoms with Gasteiger partial charge in [0.05, 0.1) is 10.5 Å². The predicted molar refractivity (Wildman–Crippen MR) is 74.2 cm³/mol. The number of aromatic nitrogens is 2. The summed E-state index contributed by atoms with van der Waals surface area (Å²) in [6.45, 7) is 1.55. The van der Waals surface area contributed by atoms with Gasteiger partial charge in [-0.25, -0.2) is 13.6 Å². The monoisotopic (exact) mass is 298 g/mol. The fourth-order valence-corrected chi connectivity index (χ4v) is 2.64. The average molecular weight is 299 g/mol. The number of hydrogen-bond acceptors (Lipinski definition) is 4. The molecule has 0 amide bonds. The van der Waals surface area contributed by atoms with E-state index in [1.165, 1.54) is 0 Å². The number of hydrogen-bond donors (Lipinski definition) is 2. The van der Waals surface area contributed by atoms with E-state index in [4.69, 9.17) is 23.2 Å². The Bertz CT molecular complexity index is 867. The van der Waals surface area contributed by atoms with Gasteiger partial charge in [0.25, 0.3) is 5.56 Å². The number of fused-ring (bicyclic) bond motifs is 1. The van der Waals surface area contributed by atoms with Crippen LogP contribution in [0.4, 0.5) is 10.2 Å². The Kier molecular flexibility index (Phi) is 2.59. The molecule has 1 fully saturated rings. The smallest absolute Gasteiger partial charge is 0.356 e. The van der Waals surface area contributed by atoms with Crippen LogP contribution in [0.2, 0.25) is 5.02 Å². The summed E-state index contributed by atoms with van der Waals surface area (Å²) in [5, 5.41) is -0.182. The molecule has 0 unspecified atom stereocenters. The minimum atomic E-state index is -0.890. The zero-order valence-electron chi connectivity index (χ0n) is 10.6. The number of aryl methyl sites for hydroxylation is 1. The second-order valence-electron chi connectivity index (χ2n) is 4.97. The molecule has 2 aromatic rings. The maximum atomic E-state index is 13.9. The molecule has 106 valence electrons. The number of nitrogens with zero attached hydrogens (tertiary/aromatic N) is 2. The maximum Gasteiger partial charge on any atom is 0.356 e. The molecule has 0 aliphatic heterocycles. The molecule has 8 heteroatoms. The molecule has 6 nitrogen and oxygen atoms in total. The van der Waals surface area contributed by atoms with Gasteiger partial charge in [0.2, 0.25) is 0 Å². The molecule has 1 aliphatic carbocycles. The van der Waals surface area contributed by atoms with Crippen molar-refractivity contribution < 1.29 is 4.39 Å². The Morgan fingerprint density at radius 1 is 1.35 bits per heavy atom. The van der Waals surface area contributed by atoms with E-state index in [0.29, 0.717) is 15.8 Å². The van der Waals surface area contributed by atoms with E-state index in [9.17, 15) is 14.0 Å². The third kappa shape index (κ3) is 1.49. The van der Waals surface area contributed by atoms with Crippen LogP contribution in [-0.2, 0) is 0 Å². The quantitative estimate of drug-likeness (QED) is 0.759. The Balaban J connectivity index is 2.69. The normalized spacial score (nSPS) is 14.9. The summed E-state index contributed by atoms with van der Waals surface area (Å²) in [4.78, 5) is 24.3. The third-order valence-electron chi connectivity index (χ3n) is 3.65. The first kappa shape index (κ1) is 13.0. The van der Waals surface area contributed by atoms with Crippen molar-refractivity contribution in [2.45, 2.75) is 25.7 Å². The van der Waals surface area contributed by atoms with Crippen molar-refractivity contribution in [3.8, 4) is 0 Å². The van der Waals surface area contributed by atoms with E-state index in [-0.39, 0.29) is 16.5 Å². The van der Waals surface area contributed by atoms with Gasteiger partial charge < -0.3 is 11.6 Å². The standard InChI is InChI=1S/C12H12ClFN4O2/c1-4-7(13)8(14)10(15)17-9(4)6(5-2-3-5)11(19)18(16)12(17)20/h5H,2-3,15-16H2,1H3. The van der Waals surface area contributed by atoms with Crippen molar-refractivity contribution in [2.24, 2.45) is 0 Å². The largest absolute Gasteiger partial charge is 0.382 e. The maximum absolute atomic E-state index is 13.9. The minimum absolute atomic E-state index is 0.00697. The first-order valence-corrected chi connectivity index (χ1v) is 6.43. The molecular weight excluding hydrogens is 287 g/mol. The number of nitrogens with two attached hydrogens (primary N) is 2. The van der Waals surface area contributed by atoms with Crippen LogP contribution in [0.15, 0.2) is 9.59 Å². The van der Waals surface area contributed by atoms with E-state index in [2.05, 4.69) is 0 Å². The fourth-order valence-electron chi connectivity index (χ4n) is 2.45. The number of anilines is 1. The molecule has 0 saturated heterocycles. The van der Waals surface area contributed by atoms with E-state index >= 15 is 0 Å². The summed E-state index contributed by atoms with van der Waals surface area (Å²) >= 11 is 5.89. The molecule has 2 heterocycles. The fraction of sp³-hybridized carbons (Fsp3) is 0.333. The van der Waals surface area contributed by atoms with Crippen LogP contribution < -0.4 is 22.8 Å². The number of pyridine rings is 1. The summed E-state index contributed by atoms with van der Waals surface area (Å²) in [5.41, 5.74) is 5.12. The Morgan fingerprint density at radius 2 is 1.95 bits per heavy atom. The van der Waals surface area contributed by atoms with Gasteiger partial charge in [-0.3, -0.25) is 4.79 Å². The molecule has 0 atom stereocenters. The molecule has 1 saturated carbocycles. The Hall–Kier alpha value is -2.02. The second kappa shape index (κ2) is 3.99. The molecular formula is C12H12ClFN4O2. The predicted octanol–water partition coefficient (Wildman–Crippen LogP) is 0.736. The van der Waals surface area contributed by atoms with Crippen molar-refractivity contribution in [1.29, 1.82) is 0 Å². The van der Waals surface area contributed by atoms with Crippen LogP contribution in [0.25, 0.3) is 5.52 Å². The van der Waals surface area contributed by atoms with Crippen molar-refractivity contribution in [3.05, 3.63) is 42.8 Å². The number of nitrogen functional groups attached to an aromatic ring is 2. The first-order chi connectivity index (χ1) is 9.36. The van der Waals surface area contributed by atoms with Crippen LogP contribution in [-0.4, -0.2) is 9.08 Å². The van der Waals surface area contributed by atoms with E-state index in [0.717, 1.165) is 17.2 Å². The van der Waals surface area contributed by atoms with Gasteiger partial charge in [0, 0.05) is 5.56 Å². The highest BCUT2D eigenvalue weighted by Gasteiger charge is 2.32. The van der Waals surface area contributed by atoms with Crippen LogP contribution in [0, 0.1) is 12.7 Å². The Labute approximate surface area is 117 Å². The lowest BCUT2D eigenvalue weighted by molar-refractivity contribution is 0.620. The number of rotatable bonds is 1. The van der Waals surface area contributed by atoms with Gasteiger partial charge in [-0.15, -0.1) is 0 Å². The van der Waals surface area contributed by atoms with E-state index in [1.54, 1.807) is 6.92 Å². The minimum Gasteiger partial charge on any atom is -0.382 e. The summed E-state index contributed by atoms with van der Waals surface area (Å²) in [7, 11) is 0. The van der Waals surface area contributed by atoms with E-state index < -0.39 is 22.9 Å². The van der Waals surface area contributed by atoms with Gasteiger partial charge in [-0.1, -0.05) is 11.6 Å². The third-order valence-corrected chi connectivity index (χ3v) is 4.10. The highest BCUT2D eigenvalue weighted by atomic mass is 35.5. The van der Waals surface area contributed by atoms with Gasteiger partial charge in [0.15, 0.2) is 11.6 Å². The summed E-state index contributed by atoms with van der Waals surface area (Å²) in [6.07, 6.45) is 1.63. The van der Waals surface area contributed by atoms with Crippen LogP contribution in [0.3, 0.4) is 0 Å². The SMILES string of the molecule is Cc1c(Cl)c(F)c(N)n2c(=O)n(N)c(=O)c(C3CC3)c12. The Morgan fingerprint density at radius 3 is 2.50 bits per heavy atom. The second-order valence-corrected chi connectivity index (χ2v) is 5.35. The zero-order chi connectivity index (χ0) is 14.8. The van der Waals surface area contributed by atoms with E-state index in [1.807, 2.05) is 0 Å². The van der Waals surface area contributed by atoms with Gasteiger partial charge in [-0.2, -0.15) is 4.68 Å². The molecule has 4 N–H and O–H groups in total. The molecule has 0 bridgehead atoms. The lowest BCUT2D eigenvalue weighted by atomic mass is 10.1. The van der Waals surface area contributed by atoms with Crippen molar-refractivity contribution in [3.63, 3.8) is 0 Å². The van der Waals surface area contributed by atoms with Crippen LogP contribution >= 0.6 is 11.6 Å². The van der Waals surface area contributed by atoms with Crippen molar-refractivity contribution in [2.75, 3.05) is 11.6 Å². The molecule has 2 aromatic heterocycles. The molecule has 0 radical (unpaired) electrons. The van der Waals surface area contributed by atoms with Crippen LogP contribution in [0.1, 0.15) is 29.9 Å². The topological polar surface area (TPSA) is 95.5 Å². The average Bonchev–Trinajstić information content (AvgIpc) is 3.24. The van der Waals surface area contributed by atoms with Crippen molar-refractivity contribution >= 4 is 22.9 Å². The highest BCUT2D eigenvalue weighted by molar-refractivity contribution is 6.32. The lowest BCUT2D eigenvalue weighted by Crippen LogP contribution is -2.45. The summed E-state index contributed by atoms with van der Waals surface area (Å²) in [6, 6.07) is 0. The summed E-state index contributed by atoms with van der Waals surface area (Å²) < 4.78 is 15.3. The van der Waals surface area contributed by atoms with Gasteiger partial charge in [0.1, 0.15) is 0 Å². The first-order valence-electron chi connectivity index (χ1n) is 6.06. The molecule has 0 spiro atoms. The van der Waals surface area contributed by atoms with Gasteiger partial charge in [-0.05, 0) is 31.2 Å². The van der Waals surface area contributed by atoms with Gasteiger partial charge >= 0.3 is 5.69 Å². The highest BCUT2D eigenvalue weighted by Crippen LogP contribution is 2.41. The molecule has 3 rings (SSSR count). The van der Waals surface area contributed by atoms with Crippen molar-refractivity contribution in [1.82, 2.24) is 9.08 Å². The summed E-state index contributed by atoms with van der Waals surface area (Å²) in [5.74, 6) is 4.16. The molecule has 20 heavy (non-hydrogen) atoms. The zero-order valence-corrected chi connectivity index (χ0v) is 11.4. The molecule has 0 aromatic carbocycles. The molecule has 1 aliphatic rings. The van der Waals surface area contributed by atoms with Crippen LogP contribution in [0.5, 0.6) is 0 Å².